The molecule has 1 nitrogen and oxygen atoms in total. The monoisotopic (exact) mass is 161 g/mol. The van der Waals surface area contributed by atoms with Gasteiger partial charge in [0.1, 0.15) is 0 Å². The molecule has 0 bridgehead atoms. The standard InChI is InChI=1S/C8H19NS/c1-5-10-6-8(9-4)7(2)3/h7-9H,5-6H2,1-4H3. The molecule has 0 aliphatic carbocycles. The Bertz CT molecular complexity index is 73.7. The summed E-state index contributed by atoms with van der Waals surface area (Å²) in [6.07, 6.45) is 0. The van der Waals surface area contributed by atoms with Crippen LogP contribution in [0.1, 0.15) is 20.8 Å². The molecule has 62 valence electrons. The van der Waals surface area contributed by atoms with Gasteiger partial charge in [-0.3, -0.25) is 0 Å². The SMILES string of the molecule is CCSCC(NC)C(C)C. The van der Waals surface area contributed by atoms with Crippen molar-refractivity contribution in [3.63, 3.8) is 0 Å². The van der Waals surface area contributed by atoms with E-state index in [1.165, 1.54) is 11.5 Å². The van der Waals surface area contributed by atoms with Gasteiger partial charge >= 0.3 is 0 Å². The van der Waals surface area contributed by atoms with E-state index in [-0.39, 0.29) is 0 Å². The van der Waals surface area contributed by atoms with Crippen LogP contribution in [-0.4, -0.2) is 24.6 Å². The van der Waals surface area contributed by atoms with Crippen molar-refractivity contribution in [2.24, 2.45) is 5.92 Å². The van der Waals surface area contributed by atoms with Gasteiger partial charge in [0.15, 0.2) is 0 Å². The maximum atomic E-state index is 3.32. The largest absolute Gasteiger partial charge is 0.316 e. The number of rotatable bonds is 5. The van der Waals surface area contributed by atoms with Crippen molar-refractivity contribution in [2.75, 3.05) is 18.6 Å². The minimum Gasteiger partial charge on any atom is -0.316 e. The molecule has 0 spiro atoms. The van der Waals surface area contributed by atoms with Crippen LogP contribution in [0, 0.1) is 5.92 Å². The molecule has 1 N–H and O–H groups in total. The highest BCUT2D eigenvalue weighted by molar-refractivity contribution is 7.99. The first-order valence-electron chi connectivity index (χ1n) is 3.97. The molecule has 0 rings (SSSR count). The van der Waals surface area contributed by atoms with Crippen LogP contribution < -0.4 is 5.32 Å². The minimum atomic E-state index is 0.685. The van der Waals surface area contributed by atoms with E-state index in [0.717, 1.165) is 5.92 Å². The van der Waals surface area contributed by atoms with Gasteiger partial charge in [-0.25, -0.2) is 0 Å². The van der Waals surface area contributed by atoms with E-state index in [0.29, 0.717) is 6.04 Å². The van der Waals surface area contributed by atoms with Gasteiger partial charge < -0.3 is 5.32 Å². The Balaban J connectivity index is 3.40. The predicted molar refractivity (Wildman–Crippen MR) is 50.7 cm³/mol. The Hall–Kier alpha value is 0.310. The Morgan fingerprint density at radius 1 is 1.40 bits per heavy atom. The molecule has 1 atom stereocenters. The summed E-state index contributed by atoms with van der Waals surface area (Å²) in [5.41, 5.74) is 0. The zero-order chi connectivity index (χ0) is 7.98. The van der Waals surface area contributed by atoms with Gasteiger partial charge in [-0.1, -0.05) is 20.8 Å². The summed E-state index contributed by atoms with van der Waals surface area (Å²) in [7, 11) is 2.04. The van der Waals surface area contributed by atoms with Crippen molar-refractivity contribution in [3.05, 3.63) is 0 Å². The topological polar surface area (TPSA) is 12.0 Å². The van der Waals surface area contributed by atoms with E-state index in [1.807, 2.05) is 18.8 Å². The molecule has 0 aromatic heterocycles. The first kappa shape index (κ1) is 10.3. The molecule has 1 unspecified atom stereocenters. The van der Waals surface area contributed by atoms with Crippen LogP contribution >= 0.6 is 11.8 Å². The van der Waals surface area contributed by atoms with E-state index < -0.39 is 0 Å². The fraction of sp³-hybridized carbons (Fsp3) is 1.00. The molecule has 0 aliphatic heterocycles. The van der Waals surface area contributed by atoms with E-state index >= 15 is 0 Å². The molecule has 10 heavy (non-hydrogen) atoms. The van der Waals surface area contributed by atoms with E-state index in [4.69, 9.17) is 0 Å². The number of nitrogens with one attached hydrogen (secondary N) is 1. The first-order valence-corrected chi connectivity index (χ1v) is 5.12. The molecule has 0 aromatic rings. The third kappa shape index (κ3) is 4.18. The molecule has 0 saturated carbocycles. The predicted octanol–water partition coefficient (Wildman–Crippen LogP) is 1.98. The lowest BCUT2D eigenvalue weighted by atomic mass is 10.1. The van der Waals surface area contributed by atoms with Crippen molar-refractivity contribution < 1.29 is 0 Å². The third-order valence-electron chi connectivity index (χ3n) is 1.68. The average molecular weight is 161 g/mol. The maximum Gasteiger partial charge on any atom is 0.0178 e. The summed E-state index contributed by atoms with van der Waals surface area (Å²) in [6.45, 7) is 6.73. The van der Waals surface area contributed by atoms with Crippen molar-refractivity contribution in [2.45, 2.75) is 26.8 Å². The number of hydrogen-bond acceptors (Lipinski definition) is 2. The molecular weight excluding hydrogens is 142 g/mol. The summed E-state index contributed by atoms with van der Waals surface area (Å²) in [6, 6.07) is 0.685. The highest BCUT2D eigenvalue weighted by Crippen LogP contribution is 2.08. The van der Waals surface area contributed by atoms with E-state index in [1.54, 1.807) is 0 Å². The lowest BCUT2D eigenvalue weighted by Crippen LogP contribution is -2.32. The summed E-state index contributed by atoms with van der Waals surface area (Å²) in [5, 5.41) is 3.32. The van der Waals surface area contributed by atoms with Gasteiger partial charge in [-0.2, -0.15) is 11.8 Å². The molecular formula is C8H19NS. The average Bonchev–Trinajstić information content (AvgIpc) is 1.89. The maximum absolute atomic E-state index is 3.32. The van der Waals surface area contributed by atoms with Crippen LogP contribution in [0.2, 0.25) is 0 Å². The fourth-order valence-corrected chi connectivity index (χ4v) is 1.90. The second kappa shape index (κ2) is 6.05. The summed E-state index contributed by atoms with van der Waals surface area (Å²) < 4.78 is 0. The van der Waals surface area contributed by atoms with Gasteiger partial charge in [-0.05, 0) is 18.7 Å². The number of hydrogen-bond donors (Lipinski definition) is 1. The third-order valence-corrected chi connectivity index (χ3v) is 2.68. The lowest BCUT2D eigenvalue weighted by Gasteiger charge is -2.18. The molecule has 0 heterocycles. The number of thioether (sulfide) groups is 1. The van der Waals surface area contributed by atoms with Gasteiger partial charge in [-0.15, -0.1) is 0 Å². The second-order valence-electron chi connectivity index (χ2n) is 2.80. The molecule has 0 amide bonds. The zero-order valence-corrected chi connectivity index (χ0v) is 8.29. The smallest absolute Gasteiger partial charge is 0.0178 e. The van der Waals surface area contributed by atoms with Gasteiger partial charge in [0.05, 0.1) is 0 Å². The van der Waals surface area contributed by atoms with E-state index in [9.17, 15) is 0 Å². The molecule has 0 aromatic carbocycles. The normalized spacial score (nSPS) is 14.1. The highest BCUT2D eigenvalue weighted by atomic mass is 32.2. The van der Waals surface area contributed by atoms with Crippen molar-refractivity contribution in [1.29, 1.82) is 0 Å². The summed E-state index contributed by atoms with van der Waals surface area (Å²) in [4.78, 5) is 0. The summed E-state index contributed by atoms with van der Waals surface area (Å²) in [5.74, 6) is 3.22. The van der Waals surface area contributed by atoms with Crippen molar-refractivity contribution in [3.8, 4) is 0 Å². The molecule has 2 heteroatoms. The van der Waals surface area contributed by atoms with Crippen LogP contribution in [0.5, 0.6) is 0 Å². The quantitative estimate of drug-likeness (QED) is 0.662. The Morgan fingerprint density at radius 3 is 2.30 bits per heavy atom. The van der Waals surface area contributed by atoms with Crippen LogP contribution in [0.15, 0.2) is 0 Å². The van der Waals surface area contributed by atoms with Gasteiger partial charge in [0.25, 0.3) is 0 Å². The van der Waals surface area contributed by atoms with Crippen molar-refractivity contribution >= 4 is 11.8 Å². The van der Waals surface area contributed by atoms with E-state index in [2.05, 4.69) is 26.1 Å². The van der Waals surface area contributed by atoms with Gasteiger partial charge in [0, 0.05) is 11.8 Å². The Labute approximate surface area is 69.0 Å². The molecule has 0 aliphatic rings. The highest BCUT2D eigenvalue weighted by Gasteiger charge is 2.08. The van der Waals surface area contributed by atoms with Crippen LogP contribution in [0.3, 0.4) is 0 Å². The Kier molecular flexibility index (Phi) is 6.24. The molecule has 0 fully saturated rings. The summed E-state index contributed by atoms with van der Waals surface area (Å²) >= 11 is 2.01. The molecule has 0 radical (unpaired) electrons. The van der Waals surface area contributed by atoms with Crippen LogP contribution in [0.25, 0.3) is 0 Å². The second-order valence-corrected chi connectivity index (χ2v) is 4.12. The van der Waals surface area contributed by atoms with Crippen LogP contribution in [0.4, 0.5) is 0 Å². The van der Waals surface area contributed by atoms with Gasteiger partial charge in [0.2, 0.25) is 0 Å². The molecule has 0 saturated heterocycles. The van der Waals surface area contributed by atoms with Crippen molar-refractivity contribution in [1.82, 2.24) is 5.32 Å². The Morgan fingerprint density at radius 2 is 2.00 bits per heavy atom. The zero-order valence-electron chi connectivity index (χ0n) is 7.48. The first-order chi connectivity index (χ1) is 4.72. The fourth-order valence-electron chi connectivity index (χ4n) is 0.854. The van der Waals surface area contributed by atoms with Crippen LogP contribution in [-0.2, 0) is 0 Å². The minimum absolute atomic E-state index is 0.685. The lowest BCUT2D eigenvalue weighted by molar-refractivity contribution is 0.465.